The lowest BCUT2D eigenvalue weighted by molar-refractivity contribution is -0.137. The molecule has 6 heteroatoms. The molecule has 0 spiro atoms. The predicted octanol–water partition coefficient (Wildman–Crippen LogP) is 0.922. The zero-order chi connectivity index (χ0) is 15.7. The van der Waals surface area contributed by atoms with Gasteiger partial charge in [-0.2, -0.15) is 5.26 Å². The van der Waals surface area contributed by atoms with E-state index in [1.54, 1.807) is 31.2 Å². The Labute approximate surface area is 124 Å². The summed E-state index contributed by atoms with van der Waals surface area (Å²) in [4.78, 5) is 24.9. The average Bonchev–Trinajstić information content (AvgIpc) is 2.50. The van der Waals surface area contributed by atoms with Crippen molar-refractivity contribution >= 4 is 11.8 Å². The smallest absolute Gasteiger partial charge is 0.260 e. The molecule has 0 bridgehead atoms. The lowest BCUT2D eigenvalue weighted by Crippen LogP contribution is -2.42. The van der Waals surface area contributed by atoms with E-state index in [9.17, 15) is 9.59 Å². The Kier molecular flexibility index (Phi) is 6.75. The second-order valence-electron chi connectivity index (χ2n) is 4.29. The summed E-state index contributed by atoms with van der Waals surface area (Å²) in [5, 5.41) is 11.4. The number of ether oxygens (including phenoxy) is 1. The van der Waals surface area contributed by atoms with Gasteiger partial charge in [-0.25, -0.2) is 0 Å². The summed E-state index contributed by atoms with van der Waals surface area (Å²) in [7, 11) is 0. The molecule has 0 aliphatic carbocycles. The average molecular weight is 289 g/mol. The van der Waals surface area contributed by atoms with Crippen LogP contribution in [0.25, 0.3) is 0 Å². The fourth-order valence-corrected chi connectivity index (χ4v) is 1.69. The molecule has 1 rings (SSSR count). The Hall–Kier alpha value is -2.55. The van der Waals surface area contributed by atoms with Crippen LogP contribution in [0.1, 0.15) is 19.4 Å². The Morgan fingerprint density at radius 1 is 1.38 bits per heavy atom. The molecule has 1 aromatic rings. The predicted molar refractivity (Wildman–Crippen MR) is 77.6 cm³/mol. The SMILES string of the molecule is CCNC(=O)CN(CC)C(=O)COc1cccc(C#N)c1. The van der Waals surface area contributed by atoms with E-state index < -0.39 is 0 Å². The number of hydrogen-bond acceptors (Lipinski definition) is 4. The van der Waals surface area contributed by atoms with E-state index in [0.29, 0.717) is 24.4 Å². The minimum Gasteiger partial charge on any atom is -0.484 e. The molecule has 0 radical (unpaired) electrons. The standard InChI is InChI=1S/C15H19N3O3/c1-3-17-14(19)10-18(4-2)15(20)11-21-13-7-5-6-12(8-13)9-16/h5-8H,3-4,10-11H2,1-2H3,(H,17,19). The summed E-state index contributed by atoms with van der Waals surface area (Å²) in [6, 6.07) is 8.58. The van der Waals surface area contributed by atoms with Crippen LogP contribution in [-0.4, -0.2) is 43.0 Å². The molecular formula is C15H19N3O3. The van der Waals surface area contributed by atoms with Gasteiger partial charge in [0.1, 0.15) is 5.75 Å². The van der Waals surface area contributed by atoms with E-state index in [4.69, 9.17) is 10.00 Å². The fourth-order valence-electron chi connectivity index (χ4n) is 1.69. The largest absolute Gasteiger partial charge is 0.484 e. The number of carbonyl (C=O) groups is 2. The summed E-state index contributed by atoms with van der Waals surface area (Å²) >= 11 is 0. The van der Waals surface area contributed by atoms with Crippen LogP contribution in [0.5, 0.6) is 5.75 Å². The van der Waals surface area contributed by atoms with E-state index in [0.717, 1.165) is 0 Å². The van der Waals surface area contributed by atoms with Crippen LogP contribution < -0.4 is 10.1 Å². The number of amides is 2. The van der Waals surface area contributed by atoms with Gasteiger partial charge in [0.05, 0.1) is 18.2 Å². The second kappa shape index (κ2) is 8.59. The lowest BCUT2D eigenvalue weighted by Gasteiger charge is -2.20. The van der Waals surface area contributed by atoms with Gasteiger partial charge in [0.15, 0.2) is 6.61 Å². The van der Waals surface area contributed by atoms with E-state index in [1.165, 1.54) is 4.90 Å². The topological polar surface area (TPSA) is 82.4 Å². The summed E-state index contributed by atoms with van der Waals surface area (Å²) in [6.07, 6.45) is 0. The van der Waals surface area contributed by atoms with Crippen LogP contribution in [0.15, 0.2) is 24.3 Å². The number of nitriles is 1. The molecule has 0 atom stereocenters. The Bertz CT molecular complexity index is 537. The highest BCUT2D eigenvalue weighted by molar-refractivity contribution is 5.85. The summed E-state index contributed by atoms with van der Waals surface area (Å²) in [5.74, 6) is -0.0123. The van der Waals surface area contributed by atoms with Crippen molar-refractivity contribution < 1.29 is 14.3 Å². The highest BCUT2D eigenvalue weighted by Gasteiger charge is 2.15. The van der Waals surface area contributed by atoms with E-state index in [2.05, 4.69) is 5.32 Å². The van der Waals surface area contributed by atoms with Crippen molar-refractivity contribution in [3.05, 3.63) is 29.8 Å². The van der Waals surface area contributed by atoms with Gasteiger partial charge in [0.2, 0.25) is 5.91 Å². The van der Waals surface area contributed by atoms with Gasteiger partial charge in [-0.05, 0) is 32.0 Å². The number of nitrogens with one attached hydrogen (secondary N) is 1. The van der Waals surface area contributed by atoms with Crippen LogP contribution >= 0.6 is 0 Å². The zero-order valence-electron chi connectivity index (χ0n) is 12.3. The number of carbonyl (C=O) groups excluding carboxylic acids is 2. The van der Waals surface area contributed by atoms with E-state index in [-0.39, 0.29) is 25.0 Å². The minimum atomic E-state index is -0.272. The third-order valence-corrected chi connectivity index (χ3v) is 2.77. The Balaban J connectivity index is 2.54. The molecule has 6 nitrogen and oxygen atoms in total. The van der Waals surface area contributed by atoms with Crippen molar-refractivity contribution in [3.63, 3.8) is 0 Å². The normalized spacial score (nSPS) is 9.57. The number of benzene rings is 1. The van der Waals surface area contributed by atoms with Gasteiger partial charge in [-0.15, -0.1) is 0 Å². The number of likely N-dealkylation sites (N-methyl/N-ethyl adjacent to an activating group) is 2. The Morgan fingerprint density at radius 3 is 2.76 bits per heavy atom. The molecule has 0 saturated carbocycles. The van der Waals surface area contributed by atoms with Crippen LogP contribution in [0.3, 0.4) is 0 Å². The van der Waals surface area contributed by atoms with Gasteiger partial charge < -0.3 is 15.0 Å². The second-order valence-corrected chi connectivity index (χ2v) is 4.29. The molecule has 21 heavy (non-hydrogen) atoms. The first-order valence-corrected chi connectivity index (χ1v) is 6.78. The highest BCUT2D eigenvalue weighted by Crippen LogP contribution is 2.12. The van der Waals surface area contributed by atoms with Crippen molar-refractivity contribution in [2.24, 2.45) is 0 Å². The molecular weight excluding hydrogens is 270 g/mol. The molecule has 1 N–H and O–H groups in total. The number of hydrogen-bond donors (Lipinski definition) is 1. The van der Waals surface area contributed by atoms with Crippen LogP contribution in [-0.2, 0) is 9.59 Å². The lowest BCUT2D eigenvalue weighted by atomic mass is 10.2. The van der Waals surface area contributed by atoms with Crippen molar-refractivity contribution in [2.45, 2.75) is 13.8 Å². The van der Waals surface area contributed by atoms with Crippen molar-refractivity contribution in [3.8, 4) is 11.8 Å². The molecule has 0 saturated heterocycles. The van der Waals surface area contributed by atoms with Crippen molar-refractivity contribution in [1.29, 1.82) is 5.26 Å². The zero-order valence-corrected chi connectivity index (χ0v) is 12.3. The Morgan fingerprint density at radius 2 is 2.14 bits per heavy atom. The van der Waals surface area contributed by atoms with Crippen LogP contribution in [0.2, 0.25) is 0 Å². The first-order chi connectivity index (χ1) is 10.1. The quantitative estimate of drug-likeness (QED) is 0.809. The van der Waals surface area contributed by atoms with Gasteiger partial charge in [-0.1, -0.05) is 6.07 Å². The fraction of sp³-hybridized carbons (Fsp3) is 0.400. The monoisotopic (exact) mass is 289 g/mol. The number of rotatable bonds is 7. The van der Waals surface area contributed by atoms with Gasteiger partial charge in [0.25, 0.3) is 5.91 Å². The van der Waals surface area contributed by atoms with E-state index in [1.807, 2.05) is 13.0 Å². The molecule has 0 heterocycles. The van der Waals surface area contributed by atoms with Crippen LogP contribution in [0.4, 0.5) is 0 Å². The first kappa shape index (κ1) is 16.5. The third kappa shape index (κ3) is 5.53. The maximum Gasteiger partial charge on any atom is 0.260 e. The summed E-state index contributed by atoms with van der Waals surface area (Å²) < 4.78 is 5.36. The molecule has 0 aliphatic heterocycles. The minimum absolute atomic E-state index is 0.0186. The maximum absolute atomic E-state index is 12.0. The van der Waals surface area contributed by atoms with E-state index >= 15 is 0 Å². The molecule has 2 amide bonds. The van der Waals surface area contributed by atoms with Crippen LogP contribution in [0, 0.1) is 11.3 Å². The summed E-state index contributed by atoms with van der Waals surface area (Å²) in [6.45, 7) is 4.43. The third-order valence-electron chi connectivity index (χ3n) is 2.77. The first-order valence-electron chi connectivity index (χ1n) is 6.78. The maximum atomic E-state index is 12.0. The van der Waals surface area contributed by atoms with Gasteiger partial charge in [-0.3, -0.25) is 9.59 Å². The summed E-state index contributed by atoms with van der Waals surface area (Å²) in [5.41, 5.74) is 0.467. The van der Waals surface area contributed by atoms with Crippen molar-refractivity contribution in [2.75, 3.05) is 26.2 Å². The molecule has 0 fully saturated rings. The molecule has 0 unspecified atom stereocenters. The van der Waals surface area contributed by atoms with Gasteiger partial charge >= 0.3 is 0 Å². The van der Waals surface area contributed by atoms with Gasteiger partial charge in [0, 0.05) is 13.1 Å². The highest BCUT2D eigenvalue weighted by atomic mass is 16.5. The molecule has 0 aliphatic rings. The van der Waals surface area contributed by atoms with Crippen molar-refractivity contribution in [1.82, 2.24) is 10.2 Å². The number of nitrogens with zero attached hydrogens (tertiary/aromatic N) is 2. The molecule has 1 aromatic carbocycles. The molecule has 0 aromatic heterocycles. The molecule has 112 valence electrons.